The molecule has 1 aliphatic heterocycles. The summed E-state index contributed by atoms with van der Waals surface area (Å²) >= 11 is 0. The number of amides is 2. The van der Waals surface area contributed by atoms with Crippen LogP contribution in [0, 0.1) is 0 Å². The summed E-state index contributed by atoms with van der Waals surface area (Å²) in [5.41, 5.74) is 1.41. The van der Waals surface area contributed by atoms with Crippen molar-refractivity contribution in [1.82, 2.24) is 0 Å². The van der Waals surface area contributed by atoms with Crippen molar-refractivity contribution in [3.8, 4) is 23.0 Å². The minimum Gasteiger partial charge on any atom is -0.493 e. The van der Waals surface area contributed by atoms with Crippen LogP contribution in [0.4, 0.5) is 17.1 Å². The average molecular weight is 506 g/mol. The van der Waals surface area contributed by atoms with Crippen molar-refractivity contribution >= 4 is 28.9 Å². The summed E-state index contributed by atoms with van der Waals surface area (Å²) < 4.78 is 21.5. The Bertz CT molecular complexity index is 1310. The lowest BCUT2D eigenvalue weighted by atomic mass is 9.76. The van der Waals surface area contributed by atoms with E-state index in [0.717, 1.165) is 5.69 Å². The van der Waals surface area contributed by atoms with Crippen LogP contribution in [0.5, 0.6) is 23.0 Å². The number of carbonyl (C=O) groups excluding carboxylic acids is 2. The number of β-lactam (4-membered cyclic amide) rings is 1. The number of ether oxygens (including phenoxy) is 4. The van der Waals surface area contributed by atoms with Crippen molar-refractivity contribution in [2.24, 2.45) is 0 Å². The predicted molar refractivity (Wildman–Crippen MR) is 142 cm³/mol. The van der Waals surface area contributed by atoms with Crippen molar-refractivity contribution in [3.05, 3.63) is 66.2 Å². The maximum atomic E-state index is 14.1. The van der Waals surface area contributed by atoms with Gasteiger partial charge in [0.15, 0.2) is 28.5 Å². The van der Waals surface area contributed by atoms with Gasteiger partial charge in [0.05, 0.1) is 34.9 Å². The van der Waals surface area contributed by atoms with Gasteiger partial charge in [0, 0.05) is 43.3 Å². The average Bonchev–Trinajstić information content (AvgIpc) is 2.91. The zero-order valence-corrected chi connectivity index (χ0v) is 21.8. The third kappa shape index (κ3) is 4.48. The van der Waals surface area contributed by atoms with Crippen molar-refractivity contribution in [2.45, 2.75) is 12.0 Å². The Balaban J connectivity index is 1.80. The molecule has 1 aliphatic rings. The number of hydrogen-bond donors (Lipinski definition) is 1. The second-order valence-corrected chi connectivity index (χ2v) is 8.77. The molecule has 1 atom stereocenters. The summed E-state index contributed by atoms with van der Waals surface area (Å²) in [6, 6.07) is 17.9. The largest absolute Gasteiger partial charge is 0.493 e. The molecule has 9 nitrogen and oxygen atoms in total. The minimum absolute atomic E-state index is 0.00176. The number of methoxy groups -OCH3 is 4. The first-order chi connectivity index (χ1) is 17.8. The van der Waals surface area contributed by atoms with Gasteiger partial charge in [0.25, 0.3) is 5.91 Å². The van der Waals surface area contributed by atoms with Crippen LogP contribution < -0.4 is 34.1 Å². The molecule has 0 aromatic heterocycles. The topological polar surface area (TPSA) is 89.6 Å². The third-order valence-electron chi connectivity index (χ3n) is 6.54. The monoisotopic (exact) mass is 505 g/mol. The molecule has 37 heavy (non-hydrogen) atoms. The Morgan fingerprint density at radius 3 is 1.92 bits per heavy atom. The molecular formula is C28H31N3O6. The first-order valence-corrected chi connectivity index (χ1v) is 11.7. The molecule has 4 rings (SSSR count). The summed E-state index contributed by atoms with van der Waals surface area (Å²) in [5, 5.41) is 2.98. The van der Waals surface area contributed by atoms with Crippen molar-refractivity contribution in [1.29, 1.82) is 0 Å². The normalized spacial score (nSPS) is 16.5. The van der Waals surface area contributed by atoms with Gasteiger partial charge < -0.3 is 29.2 Å². The van der Waals surface area contributed by atoms with Crippen LogP contribution in [-0.4, -0.2) is 54.3 Å². The van der Waals surface area contributed by atoms with Crippen LogP contribution in [-0.2, 0) is 15.1 Å². The van der Waals surface area contributed by atoms with Gasteiger partial charge in [-0.2, -0.15) is 0 Å². The fourth-order valence-electron chi connectivity index (χ4n) is 4.55. The highest BCUT2D eigenvalue weighted by Gasteiger charge is 2.58. The van der Waals surface area contributed by atoms with E-state index in [1.54, 1.807) is 50.6 Å². The van der Waals surface area contributed by atoms with E-state index in [1.165, 1.54) is 19.1 Å². The third-order valence-corrected chi connectivity index (χ3v) is 6.54. The van der Waals surface area contributed by atoms with Gasteiger partial charge in [-0.3, -0.25) is 14.5 Å². The lowest BCUT2D eigenvalue weighted by Gasteiger charge is -2.50. The van der Waals surface area contributed by atoms with Crippen molar-refractivity contribution < 1.29 is 28.5 Å². The molecule has 1 saturated heterocycles. The number of carbonyl (C=O) groups is 2. The molecule has 3 aromatic rings. The first kappa shape index (κ1) is 25.7. The Morgan fingerprint density at radius 1 is 0.811 bits per heavy atom. The Morgan fingerprint density at radius 2 is 1.38 bits per heavy atom. The molecular weight excluding hydrogens is 474 g/mol. The number of nitrogens with zero attached hydrogens (tertiary/aromatic N) is 2. The van der Waals surface area contributed by atoms with E-state index in [9.17, 15) is 9.59 Å². The van der Waals surface area contributed by atoms with Crippen LogP contribution in [0.15, 0.2) is 60.7 Å². The number of benzene rings is 3. The minimum atomic E-state index is -1.28. The molecule has 1 unspecified atom stereocenters. The van der Waals surface area contributed by atoms with E-state index in [0.29, 0.717) is 39.9 Å². The van der Waals surface area contributed by atoms with E-state index in [-0.39, 0.29) is 18.2 Å². The van der Waals surface area contributed by atoms with E-state index < -0.39 is 5.54 Å². The van der Waals surface area contributed by atoms with Gasteiger partial charge in [0.1, 0.15) is 0 Å². The Kier molecular flexibility index (Phi) is 7.15. The lowest BCUT2D eigenvalue weighted by Crippen LogP contribution is -2.67. The lowest BCUT2D eigenvalue weighted by molar-refractivity contribution is -0.137. The van der Waals surface area contributed by atoms with Gasteiger partial charge >= 0.3 is 0 Å². The quantitative estimate of drug-likeness (QED) is 0.439. The molecule has 1 heterocycles. The molecule has 1 N–H and O–H groups in total. The van der Waals surface area contributed by atoms with E-state index >= 15 is 0 Å². The predicted octanol–water partition coefficient (Wildman–Crippen LogP) is 4.06. The second kappa shape index (κ2) is 10.3. The van der Waals surface area contributed by atoms with Crippen LogP contribution in [0.2, 0.25) is 0 Å². The number of nitrogens with one attached hydrogen (secondary N) is 1. The van der Waals surface area contributed by atoms with Gasteiger partial charge in [0.2, 0.25) is 5.91 Å². The zero-order chi connectivity index (χ0) is 26.7. The highest BCUT2D eigenvalue weighted by Crippen LogP contribution is 2.48. The highest BCUT2D eigenvalue weighted by atomic mass is 16.5. The maximum Gasteiger partial charge on any atom is 0.255 e. The van der Waals surface area contributed by atoms with E-state index in [4.69, 9.17) is 18.9 Å². The fourth-order valence-corrected chi connectivity index (χ4v) is 4.55. The summed E-state index contributed by atoms with van der Waals surface area (Å²) in [6.07, 6.45) is 0.00176. The molecule has 3 aromatic carbocycles. The summed E-state index contributed by atoms with van der Waals surface area (Å²) in [6.45, 7) is 0. The van der Waals surface area contributed by atoms with Crippen LogP contribution >= 0.6 is 0 Å². The molecule has 0 radical (unpaired) electrons. The zero-order valence-electron chi connectivity index (χ0n) is 21.8. The van der Waals surface area contributed by atoms with Gasteiger partial charge in [-0.15, -0.1) is 0 Å². The molecule has 0 aliphatic carbocycles. The molecule has 0 spiro atoms. The second-order valence-electron chi connectivity index (χ2n) is 8.77. The Hall–Kier alpha value is -4.40. The van der Waals surface area contributed by atoms with E-state index in [1.807, 2.05) is 43.3 Å². The van der Waals surface area contributed by atoms with Crippen LogP contribution in [0.3, 0.4) is 0 Å². The number of hydrogen-bond acceptors (Lipinski definition) is 7. The summed E-state index contributed by atoms with van der Waals surface area (Å²) in [4.78, 5) is 30.7. The van der Waals surface area contributed by atoms with E-state index in [2.05, 4.69) is 5.32 Å². The van der Waals surface area contributed by atoms with Crippen LogP contribution in [0.1, 0.15) is 12.0 Å². The molecule has 0 saturated carbocycles. The molecule has 194 valence electrons. The van der Waals surface area contributed by atoms with Crippen LogP contribution in [0.25, 0.3) is 0 Å². The molecule has 0 bridgehead atoms. The smallest absolute Gasteiger partial charge is 0.255 e. The fraction of sp³-hybridized carbons (Fsp3) is 0.286. The summed E-state index contributed by atoms with van der Waals surface area (Å²) in [5.74, 6) is 1.45. The number of rotatable bonds is 9. The standard InChI is InChI=1S/C28H31N3O6/c1-30(2)20-10-7-18(8-11-20)28(27(33)29-19-9-13-22(34-3)24(15-19)36-5)17-26(32)31(28)21-12-14-23(35-4)25(16-21)37-6/h7-16H,17H2,1-6H3,(H,29,33). The summed E-state index contributed by atoms with van der Waals surface area (Å²) in [7, 11) is 10.0. The SMILES string of the molecule is COc1ccc(NC(=O)C2(c3ccc(N(C)C)cc3)CC(=O)N2c2ccc(OC)c(OC)c2)cc1OC. The highest BCUT2D eigenvalue weighted by molar-refractivity contribution is 6.17. The Labute approximate surface area is 216 Å². The van der Waals surface area contributed by atoms with Gasteiger partial charge in [-0.25, -0.2) is 0 Å². The van der Waals surface area contributed by atoms with Gasteiger partial charge in [-0.1, -0.05) is 12.1 Å². The molecule has 9 heteroatoms. The maximum absolute atomic E-state index is 14.1. The van der Waals surface area contributed by atoms with Crippen molar-refractivity contribution in [2.75, 3.05) is 57.7 Å². The number of anilines is 3. The van der Waals surface area contributed by atoms with Crippen molar-refractivity contribution in [3.63, 3.8) is 0 Å². The van der Waals surface area contributed by atoms with Gasteiger partial charge in [-0.05, 0) is 42.0 Å². The molecule has 2 amide bonds. The molecule has 1 fully saturated rings. The first-order valence-electron chi connectivity index (χ1n) is 11.7.